The number of rotatable bonds is 1. The summed E-state index contributed by atoms with van der Waals surface area (Å²) in [4.78, 5) is 0. The first-order chi connectivity index (χ1) is 8.30. The lowest BCUT2D eigenvalue weighted by atomic mass is 9.52. The lowest BCUT2D eigenvalue weighted by Crippen LogP contribution is -2.46. The van der Waals surface area contributed by atoms with Crippen LogP contribution >= 0.6 is 0 Å². The Kier molecular flexibility index (Phi) is 2.36. The molecule has 2 aliphatic carbocycles. The summed E-state index contributed by atoms with van der Waals surface area (Å²) in [5.41, 5.74) is 2.97. The van der Waals surface area contributed by atoms with Crippen molar-refractivity contribution in [3.8, 4) is 11.8 Å². The van der Waals surface area contributed by atoms with Gasteiger partial charge in [-0.15, -0.1) is 0 Å². The summed E-state index contributed by atoms with van der Waals surface area (Å²) in [6.45, 7) is 0. The van der Waals surface area contributed by atoms with Gasteiger partial charge in [0.2, 0.25) is 0 Å². The third-order valence-electron chi connectivity index (χ3n) is 4.62. The van der Waals surface area contributed by atoms with Crippen molar-refractivity contribution >= 4 is 0 Å². The second-order valence-electron chi connectivity index (χ2n) is 5.25. The highest BCUT2D eigenvalue weighted by molar-refractivity contribution is 5.45. The number of ether oxygens (including phenoxy) is 1. The number of nitriles is 1. The van der Waals surface area contributed by atoms with Crippen molar-refractivity contribution in [3.63, 3.8) is 0 Å². The first-order valence-electron chi connectivity index (χ1n) is 6.37. The highest BCUT2D eigenvalue weighted by atomic mass is 16.5. The van der Waals surface area contributed by atoms with Gasteiger partial charge in [-0.2, -0.15) is 5.26 Å². The Morgan fingerprint density at radius 2 is 2.29 bits per heavy atom. The minimum Gasteiger partial charge on any atom is -0.497 e. The number of benzene rings is 1. The second kappa shape index (κ2) is 3.77. The molecule has 0 aliphatic heterocycles. The summed E-state index contributed by atoms with van der Waals surface area (Å²) in [7, 11) is 1.71. The van der Waals surface area contributed by atoms with Gasteiger partial charge in [-0.05, 0) is 55.4 Å². The van der Waals surface area contributed by atoms with Gasteiger partial charge >= 0.3 is 0 Å². The number of aryl methyl sites for hydroxylation is 1. The molecule has 1 aromatic carbocycles. The molecule has 3 rings (SSSR count). The first kappa shape index (κ1) is 10.7. The van der Waals surface area contributed by atoms with Crippen LogP contribution in [0.4, 0.5) is 0 Å². The molecule has 0 aromatic heterocycles. The Morgan fingerprint density at radius 3 is 2.94 bits per heavy atom. The molecule has 0 amide bonds. The third kappa shape index (κ3) is 1.38. The average molecular weight is 227 g/mol. The Balaban J connectivity index is 2.10. The van der Waals surface area contributed by atoms with E-state index < -0.39 is 0 Å². The van der Waals surface area contributed by atoms with Crippen LogP contribution < -0.4 is 4.74 Å². The molecule has 0 unspecified atom stereocenters. The third-order valence-corrected chi connectivity index (χ3v) is 4.62. The zero-order chi connectivity index (χ0) is 11.9. The molecule has 2 atom stereocenters. The molecule has 1 saturated carbocycles. The lowest BCUT2D eigenvalue weighted by Gasteiger charge is -2.50. The summed E-state index contributed by atoms with van der Waals surface area (Å²) in [5.74, 6) is 1.14. The summed E-state index contributed by atoms with van der Waals surface area (Å²) in [5, 5.41) is 9.27. The van der Waals surface area contributed by atoms with E-state index in [-0.39, 0.29) is 11.3 Å². The number of fused-ring (bicyclic) bond motifs is 2. The number of nitrogens with zero attached hydrogens (tertiary/aromatic N) is 1. The minimum atomic E-state index is 0.150. The fourth-order valence-electron chi connectivity index (χ4n) is 3.54. The summed E-state index contributed by atoms with van der Waals surface area (Å²) in [6, 6.07) is 8.89. The van der Waals surface area contributed by atoms with Gasteiger partial charge in [0.15, 0.2) is 0 Å². The standard InChI is InChI=1S/C15H17NO/c1-17-13-5-4-11-3-2-7-15(14(11)9-13)8-6-12(15)10-16/h4-5,9,12H,2-3,6-8H2,1H3/t12-,15-/m1/s1. The first-order valence-corrected chi connectivity index (χ1v) is 6.37. The van der Waals surface area contributed by atoms with Crippen LogP contribution in [0.1, 0.15) is 36.8 Å². The van der Waals surface area contributed by atoms with Gasteiger partial charge in [-0.3, -0.25) is 0 Å². The monoisotopic (exact) mass is 227 g/mol. The van der Waals surface area contributed by atoms with Crippen molar-refractivity contribution in [1.29, 1.82) is 5.26 Å². The van der Waals surface area contributed by atoms with Crippen LogP contribution in [-0.2, 0) is 11.8 Å². The molecule has 0 saturated heterocycles. The molecule has 0 bridgehead atoms. The predicted octanol–water partition coefficient (Wildman–Crippen LogP) is 3.20. The van der Waals surface area contributed by atoms with Crippen molar-refractivity contribution in [1.82, 2.24) is 0 Å². The molecular weight excluding hydrogens is 210 g/mol. The van der Waals surface area contributed by atoms with Crippen molar-refractivity contribution in [2.24, 2.45) is 5.92 Å². The van der Waals surface area contributed by atoms with E-state index in [0.29, 0.717) is 0 Å². The van der Waals surface area contributed by atoms with E-state index >= 15 is 0 Å². The van der Waals surface area contributed by atoms with Crippen LogP contribution in [0.3, 0.4) is 0 Å². The highest BCUT2D eigenvalue weighted by Crippen LogP contribution is 2.55. The van der Waals surface area contributed by atoms with Gasteiger partial charge < -0.3 is 4.74 Å². The Hall–Kier alpha value is -1.49. The average Bonchev–Trinajstić information content (AvgIpc) is 2.36. The van der Waals surface area contributed by atoms with Gasteiger partial charge in [-0.1, -0.05) is 6.07 Å². The molecular formula is C15H17NO. The van der Waals surface area contributed by atoms with E-state index in [0.717, 1.165) is 18.6 Å². The highest BCUT2D eigenvalue weighted by Gasteiger charge is 2.50. The molecule has 0 N–H and O–H groups in total. The normalized spacial score (nSPS) is 30.2. The van der Waals surface area contributed by atoms with Crippen LogP contribution in [0, 0.1) is 17.2 Å². The molecule has 1 spiro atoms. The largest absolute Gasteiger partial charge is 0.497 e. The van der Waals surface area contributed by atoms with Crippen LogP contribution in [0.2, 0.25) is 0 Å². The van der Waals surface area contributed by atoms with E-state index in [2.05, 4.69) is 18.2 Å². The van der Waals surface area contributed by atoms with Crippen molar-refractivity contribution < 1.29 is 4.74 Å². The predicted molar refractivity (Wildman–Crippen MR) is 65.9 cm³/mol. The van der Waals surface area contributed by atoms with Crippen LogP contribution in [-0.4, -0.2) is 7.11 Å². The molecule has 1 aromatic rings. The van der Waals surface area contributed by atoms with E-state index in [9.17, 15) is 5.26 Å². The summed E-state index contributed by atoms with van der Waals surface area (Å²) >= 11 is 0. The maximum atomic E-state index is 9.27. The fraction of sp³-hybridized carbons (Fsp3) is 0.533. The molecule has 2 heteroatoms. The van der Waals surface area contributed by atoms with Gasteiger partial charge in [0.25, 0.3) is 0 Å². The van der Waals surface area contributed by atoms with Gasteiger partial charge in [0.05, 0.1) is 19.1 Å². The molecule has 88 valence electrons. The molecule has 0 radical (unpaired) electrons. The SMILES string of the molecule is COc1ccc2c(c1)[C@]1(CCC2)CC[C@@H]1C#N. The van der Waals surface area contributed by atoms with Gasteiger partial charge in [0, 0.05) is 5.41 Å². The maximum absolute atomic E-state index is 9.27. The van der Waals surface area contributed by atoms with Gasteiger partial charge in [0.1, 0.15) is 5.75 Å². The summed E-state index contributed by atoms with van der Waals surface area (Å²) in [6.07, 6.45) is 5.78. The zero-order valence-corrected chi connectivity index (χ0v) is 10.2. The van der Waals surface area contributed by atoms with Crippen LogP contribution in [0.25, 0.3) is 0 Å². The quantitative estimate of drug-likeness (QED) is 0.738. The number of methoxy groups -OCH3 is 1. The Labute approximate surface area is 102 Å². The Morgan fingerprint density at radius 1 is 1.41 bits per heavy atom. The summed E-state index contributed by atoms with van der Waals surface area (Å²) < 4.78 is 5.33. The molecule has 0 heterocycles. The molecule has 2 nitrogen and oxygen atoms in total. The van der Waals surface area contributed by atoms with E-state index in [4.69, 9.17) is 4.74 Å². The van der Waals surface area contributed by atoms with Crippen molar-refractivity contribution in [2.75, 3.05) is 7.11 Å². The topological polar surface area (TPSA) is 33.0 Å². The zero-order valence-electron chi connectivity index (χ0n) is 10.2. The minimum absolute atomic E-state index is 0.150. The smallest absolute Gasteiger partial charge is 0.119 e. The van der Waals surface area contributed by atoms with Crippen molar-refractivity contribution in [2.45, 2.75) is 37.5 Å². The van der Waals surface area contributed by atoms with Crippen LogP contribution in [0.15, 0.2) is 18.2 Å². The fourth-order valence-corrected chi connectivity index (χ4v) is 3.54. The van der Waals surface area contributed by atoms with E-state index in [1.807, 2.05) is 6.07 Å². The maximum Gasteiger partial charge on any atom is 0.119 e. The van der Waals surface area contributed by atoms with Crippen LogP contribution in [0.5, 0.6) is 5.75 Å². The molecule has 2 aliphatic rings. The van der Waals surface area contributed by atoms with Crippen molar-refractivity contribution in [3.05, 3.63) is 29.3 Å². The lowest BCUT2D eigenvalue weighted by molar-refractivity contribution is 0.143. The van der Waals surface area contributed by atoms with E-state index in [1.165, 1.54) is 30.4 Å². The second-order valence-corrected chi connectivity index (χ2v) is 5.25. The number of hydrogen-bond acceptors (Lipinski definition) is 2. The molecule has 1 fully saturated rings. The molecule has 17 heavy (non-hydrogen) atoms. The van der Waals surface area contributed by atoms with Gasteiger partial charge in [-0.25, -0.2) is 0 Å². The number of hydrogen-bond donors (Lipinski definition) is 0. The Bertz CT molecular complexity index is 488. The van der Waals surface area contributed by atoms with E-state index in [1.54, 1.807) is 7.11 Å².